The van der Waals surface area contributed by atoms with Gasteiger partial charge in [-0.15, -0.1) is 0 Å². The van der Waals surface area contributed by atoms with E-state index in [2.05, 4.69) is 6.08 Å². The fraction of sp³-hybridized carbons (Fsp3) is 0.273. The molecule has 0 N–H and O–H groups in total. The number of benzene rings is 2. The number of nitrogens with zero attached hydrogens (tertiary/aromatic N) is 1. The predicted molar refractivity (Wildman–Crippen MR) is 99.9 cm³/mol. The molecule has 5 heteroatoms. The van der Waals surface area contributed by atoms with E-state index in [1.807, 2.05) is 54.6 Å². The fourth-order valence-corrected chi connectivity index (χ4v) is 3.70. The van der Waals surface area contributed by atoms with E-state index in [1.54, 1.807) is 17.0 Å². The van der Waals surface area contributed by atoms with Crippen LogP contribution in [0.4, 0.5) is 4.79 Å². The number of hydrogen-bond acceptors (Lipinski definition) is 4. The number of amides is 1. The molecular weight excluding hydrogens is 342 g/mol. The Morgan fingerprint density at radius 2 is 1.67 bits per heavy atom. The molecule has 0 aromatic heterocycles. The third-order valence-corrected chi connectivity index (χ3v) is 5.05. The van der Waals surface area contributed by atoms with Gasteiger partial charge in [0.2, 0.25) is 0 Å². The van der Waals surface area contributed by atoms with Crippen molar-refractivity contribution in [3.8, 4) is 5.75 Å². The number of carbonyl (C=O) groups is 2. The Balaban J connectivity index is 1.42. The van der Waals surface area contributed by atoms with Crippen LogP contribution in [0.3, 0.4) is 0 Å². The van der Waals surface area contributed by atoms with E-state index in [9.17, 15) is 9.59 Å². The summed E-state index contributed by atoms with van der Waals surface area (Å²) in [5, 5.41) is 0. The van der Waals surface area contributed by atoms with Gasteiger partial charge < -0.3 is 9.47 Å². The summed E-state index contributed by atoms with van der Waals surface area (Å²) < 4.78 is 11.0. The Morgan fingerprint density at radius 3 is 2.37 bits per heavy atom. The highest BCUT2D eigenvalue weighted by Crippen LogP contribution is 2.35. The first kappa shape index (κ1) is 17.3. The van der Waals surface area contributed by atoms with Crippen LogP contribution in [0.5, 0.6) is 5.75 Å². The number of esters is 1. The number of carbonyl (C=O) groups excluding carboxylic acids is 2. The zero-order valence-electron chi connectivity index (χ0n) is 14.9. The summed E-state index contributed by atoms with van der Waals surface area (Å²) in [7, 11) is 0. The number of rotatable bonds is 4. The van der Waals surface area contributed by atoms with Gasteiger partial charge in [0.1, 0.15) is 12.4 Å². The second-order valence-corrected chi connectivity index (χ2v) is 6.90. The molecule has 138 valence electrons. The SMILES string of the molecule is O=C(OCc1ccccc1)[C@H]1C[C@H]2C=C[C@@H]1N(C(=O)Oc1ccccc1)C2. The molecule has 27 heavy (non-hydrogen) atoms. The van der Waals surface area contributed by atoms with Gasteiger partial charge in [-0.1, -0.05) is 60.7 Å². The van der Waals surface area contributed by atoms with Crippen LogP contribution in [-0.4, -0.2) is 29.5 Å². The van der Waals surface area contributed by atoms with Crippen molar-refractivity contribution in [1.29, 1.82) is 0 Å². The average Bonchev–Trinajstić information content (AvgIpc) is 2.73. The molecule has 2 bridgehead atoms. The van der Waals surface area contributed by atoms with Crippen LogP contribution in [0.25, 0.3) is 0 Å². The van der Waals surface area contributed by atoms with Crippen molar-refractivity contribution in [3.05, 3.63) is 78.4 Å². The quantitative estimate of drug-likeness (QED) is 0.612. The number of hydrogen-bond donors (Lipinski definition) is 0. The third-order valence-electron chi connectivity index (χ3n) is 5.05. The second-order valence-electron chi connectivity index (χ2n) is 6.90. The van der Waals surface area contributed by atoms with Crippen LogP contribution >= 0.6 is 0 Å². The normalized spacial score (nSPS) is 23.1. The first-order valence-corrected chi connectivity index (χ1v) is 9.13. The molecule has 2 aromatic carbocycles. The van der Waals surface area contributed by atoms with Gasteiger partial charge in [-0.2, -0.15) is 0 Å². The van der Waals surface area contributed by atoms with Crippen LogP contribution in [0.15, 0.2) is 72.8 Å². The van der Waals surface area contributed by atoms with Gasteiger partial charge >= 0.3 is 12.1 Å². The number of ether oxygens (including phenoxy) is 2. The summed E-state index contributed by atoms with van der Waals surface area (Å²) in [6, 6.07) is 18.2. The molecule has 1 aliphatic carbocycles. The van der Waals surface area contributed by atoms with Gasteiger partial charge in [0.15, 0.2) is 0 Å². The molecule has 1 saturated heterocycles. The van der Waals surface area contributed by atoms with Crippen molar-refractivity contribution in [2.45, 2.75) is 19.1 Å². The monoisotopic (exact) mass is 363 g/mol. The lowest BCUT2D eigenvalue weighted by molar-refractivity contribution is -0.153. The molecule has 2 heterocycles. The summed E-state index contributed by atoms with van der Waals surface area (Å²) in [6.07, 6.45) is 4.28. The molecule has 5 rings (SSSR count). The predicted octanol–water partition coefficient (Wildman–Crippen LogP) is 3.81. The minimum Gasteiger partial charge on any atom is -0.461 e. The maximum atomic E-state index is 12.7. The first-order chi connectivity index (χ1) is 13.2. The first-order valence-electron chi connectivity index (χ1n) is 9.13. The van der Waals surface area contributed by atoms with Gasteiger partial charge in [-0.3, -0.25) is 9.69 Å². The summed E-state index contributed by atoms with van der Waals surface area (Å²) >= 11 is 0. The average molecular weight is 363 g/mol. The van der Waals surface area contributed by atoms with Crippen molar-refractivity contribution in [2.24, 2.45) is 11.8 Å². The minimum atomic E-state index is -0.430. The Kier molecular flexibility index (Phi) is 4.92. The molecular formula is C22H21NO4. The maximum Gasteiger partial charge on any atom is 0.415 e. The van der Waals surface area contributed by atoms with Crippen molar-refractivity contribution in [1.82, 2.24) is 4.90 Å². The lowest BCUT2D eigenvalue weighted by Gasteiger charge is -2.44. The van der Waals surface area contributed by atoms with Crippen LogP contribution in [0.2, 0.25) is 0 Å². The summed E-state index contributed by atoms with van der Waals surface area (Å²) in [6.45, 7) is 0.807. The minimum absolute atomic E-state index is 0.146. The molecule has 5 nitrogen and oxygen atoms in total. The molecule has 1 fully saturated rings. The molecule has 1 amide bonds. The zero-order chi connectivity index (χ0) is 18.6. The lowest BCUT2D eigenvalue weighted by Crippen LogP contribution is -2.55. The van der Waals surface area contributed by atoms with Crippen molar-refractivity contribution in [2.75, 3.05) is 6.54 Å². The van der Waals surface area contributed by atoms with Gasteiger partial charge in [0.05, 0.1) is 12.0 Å². The highest BCUT2D eigenvalue weighted by Gasteiger charge is 2.44. The molecule has 0 saturated carbocycles. The smallest absolute Gasteiger partial charge is 0.415 e. The molecule has 0 unspecified atom stereocenters. The molecule has 0 spiro atoms. The highest BCUT2D eigenvalue weighted by atomic mass is 16.6. The van der Waals surface area contributed by atoms with E-state index < -0.39 is 6.09 Å². The zero-order valence-corrected chi connectivity index (χ0v) is 14.9. The Labute approximate surface area is 158 Å². The van der Waals surface area contributed by atoms with Gasteiger partial charge in [0, 0.05) is 6.54 Å². The maximum absolute atomic E-state index is 12.7. The standard InChI is InChI=1S/C22H21NO4/c24-21(26-15-16-7-3-1-4-8-16)19-13-17-11-12-20(19)23(14-17)22(25)27-18-9-5-2-6-10-18/h1-12,17,19-20H,13-15H2/t17-,19+,20+/m1/s1. The Bertz CT molecular complexity index is 834. The second kappa shape index (κ2) is 7.66. The Hall–Kier alpha value is -3.08. The molecule has 3 atom stereocenters. The van der Waals surface area contributed by atoms with Crippen molar-refractivity contribution in [3.63, 3.8) is 0 Å². The lowest BCUT2D eigenvalue weighted by atomic mass is 9.78. The van der Waals surface area contributed by atoms with Gasteiger partial charge in [-0.25, -0.2) is 4.79 Å². The summed E-state index contributed by atoms with van der Waals surface area (Å²) in [4.78, 5) is 26.9. The topological polar surface area (TPSA) is 55.8 Å². The van der Waals surface area contributed by atoms with E-state index in [1.165, 1.54) is 0 Å². The van der Waals surface area contributed by atoms with Gasteiger partial charge in [-0.05, 0) is 30.0 Å². The third kappa shape index (κ3) is 3.87. The molecule has 2 aliphatic heterocycles. The van der Waals surface area contributed by atoms with E-state index in [4.69, 9.17) is 9.47 Å². The van der Waals surface area contributed by atoms with E-state index >= 15 is 0 Å². The largest absolute Gasteiger partial charge is 0.461 e. The number of para-hydroxylation sites is 1. The van der Waals surface area contributed by atoms with E-state index in [-0.39, 0.29) is 30.5 Å². The Morgan fingerprint density at radius 1 is 0.963 bits per heavy atom. The van der Waals surface area contributed by atoms with E-state index in [0.29, 0.717) is 18.7 Å². The number of piperidine rings is 1. The van der Waals surface area contributed by atoms with Crippen LogP contribution in [0, 0.1) is 11.8 Å². The summed E-state index contributed by atoms with van der Waals surface area (Å²) in [5.74, 6) is 0.0138. The van der Waals surface area contributed by atoms with Crippen LogP contribution < -0.4 is 4.74 Å². The molecule has 2 aromatic rings. The van der Waals surface area contributed by atoms with E-state index in [0.717, 1.165) is 5.56 Å². The summed E-state index contributed by atoms with van der Waals surface area (Å²) in [5.41, 5.74) is 0.947. The molecule has 0 radical (unpaired) electrons. The van der Waals surface area contributed by atoms with Crippen molar-refractivity contribution < 1.29 is 19.1 Å². The van der Waals surface area contributed by atoms with Crippen LogP contribution in [-0.2, 0) is 16.1 Å². The number of fused-ring (bicyclic) bond motifs is 2. The van der Waals surface area contributed by atoms with Crippen LogP contribution in [0.1, 0.15) is 12.0 Å². The molecule has 3 aliphatic rings. The fourth-order valence-electron chi connectivity index (χ4n) is 3.70. The van der Waals surface area contributed by atoms with Crippen molar-refractivity contribution >= 4 is 12.1 Å². The highest BCUT2D eigenvalue weighted by molar-refractivity contribution is 5.78. The van der Waals surface area contributed by atoms with Gasteiger partial charge in [0.25, 0.3) is 0 Å².